The standard InChI is InChI=1S/C21H29N5O2S/c1-16-15-24(12-13-25(16)18(3)27)20(28)11-7-8-14-29-21-23-22-17(2)26(21)19-9-5-4-6-10-19/h4-6,9-10,16H,7-8,11-15H2,1-3H3. The van der Waals surface area contributed by atoms with Crippen LogP contribution in [-0.2, 0) is 9.59 Å². The van der Waals surface area contributed by atoms with Gasteiger partial charge in [0, 0.05) is 50.5 Å². The van der Waals surface area contributed by atoms with E-state index in [2.05, 4.69) is 14.8 Å². The number of hydrogen-bond donors (Lipinski definition) is 0. The molecule has 2 amide bonds. The Kier molecular flexibility index (Phi) is 7.30. The van der Waals surface area contributed by atoms with Crippen molar-refractivity contribution in [1.29, 1.82) is 0 Å². The molecule has 0 saturated carbocycles. The highest BCUT2D eigenvalue weighted by Gasteiger charge is 2.27. The lowest BCUT2D eigenvalue weighted by molar-refractivity contribution is -0.141. The van der Waals surface area contributed by atoms with Gasteiger partial charge in [0.1, 0.15) is 5.82 Å². The summed E-state index contributed by atoms with van der Waals surface area (Å²) in [5.41, 5.74) is 1.06. The van der Waals surface area contributed by atoms with Crippen LogP contribution in [0.3, 0.4) is 0 Å². The van der Waals surface area contributed by atoms with Crippen LogP contribution in [0.15, 0.2) is 35.5 Å². The Labute approximate surface area is 176 Å². The fraction of sp³-hybridized carbons (Fsp3) is 0.524. The summed E-state index contributed by atoms with van der Waals surface area (Å²) >= 11 is 1.67. The lowest BCUT2D eigenvalue weighted by atomic mass is 10.1. The first-order valence-corrected chi connectivity index (χ1v) is 11.1. The molecule has 2 heterocycles. The highest BCUT2D eigenvalue weighted by Crippen LogP contribution is 2.23. The summed E-state index contributed by atoms with van der Waals surface area (Å²) in [5, 5.41) is 9.39. The number of rotatable bonds is 7. The van der Waals surface area contributed by atoms with E-state index in [-0.39, 0.29) is 17.9 Å². The molecule has 1 aromatic carbocycles. The van der Waals surface area contributed by atoms with E-state index < -0.39 is 0 Å². The van der Waals surface area contributed by atoms with Gasteiger partial charge in [0.15, 0.2) is 5.16 Å². The van der Waals surface area contributed by atoms with Gasteiger partial charge in [-0.3, -0.25) is 14.2 Å². The molecule has 2 aromatic rings. The summed E-state index contributed by atoms with van der Waals surface area (Å²) in [7, 11) is 0. The number of carbonyl (C=O) groups excluding carboxylic acids is 2. The smallest absolute Gasteiger partial charge is 0.222 e. The number of piperazine rings is 1. The topological polar surface area (TPSA) is 71.3 Å². The molecular weight excluding hydrogens is 386 g/mol. The van der Waals surface area contributed by atoms with Crippen LogP contribution in [0.5, 0.6) is 0 Å². The highest BCUT2D eigenvalue weighted by atomic mass is 32.2. The number of para-hydroxylation sites is 1. The first-order valence-electron chi connectivity index (χ1n) is 10.1. The van der Waals surface area contributed by atoms with Crippen LogP contribution < -0.4 is 0 Å². The molecule has 1 saturated heterocycles. The van der Waals surface area contributed by atoms with Gasteiger partial charge >= 0.3 is 0 Å². The predicted octanol–water partition coefficient (Wildman–Crippen LogP) is 2.92. The van der Waals surface area contributed by atoms with Crippen molar-refractivity contribution in [2.45, 2.75) is 51.2 Å². The second-order valence-electron chi connectivity index (χ2n) is 7.41. The predicted molar refractivity (Wildman–Crippen MR) is 114 cm³/mol. The Morgan fingerprint density at radius 2 is 1.90 bits per heavy atom. The summed E-state index contributed by atoms with van der Waals surface area (Å²) in [4.78, 5) is 27.8. The van der Waals surface area contributed by atoms with E-state index in [9.17, 15) is 9.59 Å². The second kappa shape index (κ2) is 9.91. The van der Waals surface area contributed by atoms with Crippen LogP contribution in [0, 0.1) is 6.92 Å². The van der Waals surface area contributed by atoms with Crippen molar-refractivity contribution in [2.75, 3.05) is 25.4 Å². The third-order valence-electron chi connectivity index (χ3n) is 5.21. The molecule has 1 aliphatic heterocycles. The van der Waals surface area contributed by atoms with E-state index in [0.29, 0.717) is 26.1 Å². The van der Waals surface area contributed by atoms with Crippen molar-refractivity contribution < 1.29 is 9.59 Å². The largest absolute Gasteiger partial charge is 0.339 e. The summed E-state index contributed by atoms with van der Waals surface area (Å²) in [6, 6.07) is 10.2. The van der Waals surface area contributed by atoms with Gasteiger partial charge in [0.2, 0.25) is 11.8 Å². The van der Waals surface area contributed by atoms with Crippen molar-refractivity contribution in [2.24, 2.45) is 0 Å². The third-order valence-corrected chi connectivity index (χ3v) is 6.23. The van der Waals surface area contributed by atoms with Crippen LogP contribution in [0.1, 0.15) is 38.9 Å². The first kappa shape index (κ1) is 21.4. The lowest BCUT2D eigenvalue weighted by Gasteiger charge is -2.39. The van der Waals surface area contributed by atoms with Gasteiger partial charge in [-0.1, -0.05) is 30.0 Å². The van der Waals surface area contributed by atoms with Crippen molar-refractivity contribution in [3.8, 4) is 5.69 Å². The number of amides is 2. The highest BCUT2D eigenvalue weighted by molar-refractivity contribution is 7.99. The average Bonchev–Trinajstić information content (AvgIpc) is 3.08. The molecule has 1 unspecified atom stereocenters. The first-order chi connectivity index (χ1) is 14.0. The Bertz CT molecular complexity index is 839. The minimum Gasteiger partial charge on any atom is -0.339 e. The zero-order valence-corrected chi connectivity index (χ0v) is 18.2. The fourth-order valence-corrected chi connectivity index (χ4v) is 4.66. The maximum atomic E-state index is 12.5. The van der Waals surface area contributed by atoms with Crippen molar-refractivity contribution in [3.05, 3.63) is 36.2 Å². The molecule has 0 bridgehead atoms. The molecule has 1 aliphatic rings. The van der Waals surface area contributed by atoms with E-state index >= 15 is 0 Å². The molecule has 0 radical (unpaired) electrons. The molecule has 1 fully saturated rings. The van der Waals surface area contributed by atoms with Crippen LogP contribution in [-0.4, -0.2) is 67.8 Å². The normalized spacial score (nSPS) is 16.9. The molecular formula is C21H29N5O2S. The minimum atomic E-state index is 0.0835. The molecule has 0 N–H and O–H groups in total. The summed E-state index contributed by atoms with van der Waals surface area (Å²) in [6.45, 7) is 7.44. The molecule has 29 heavy (non-hydrogen) atoms. The van der Waals surface area contributed by atoms with Gasteiger partial charge in [-0.25, -0.2) is 0 Å². The number of thioether (sulfide) groups is 1. The quantitative estimate of drug-likeness (QED) is 0.514. The lowest BCUT2D eigenvalue weighted by Crippen LogP contribution is -2.54. The number of aromatic nitrogens is 3. The average molecular weight is 416 g/mol. The van der Waals surface area contributed by atoms with E-state index in [4.69, 9.17) is 0 Å². The summed E-state index contributed by atoms with van der Waals surface area (Å²) in [6.07, 6.45) is 2.35. The van der Waals surface area contributed by atoms with Gasteiger partial charge in [0.25, 0.3) is 0 Å². The number of unbranched alkanes of at least 4 members (excludes halogenated alkanes) is 1. The van der Waals surface area contributed by atoms with Crippen molar-refractivity contribution in [3.63, 3.8) is 0 Å². The number of carbonyl (C=O) groups is 2. The number of benzene rings is 1. The maximum absolute atomic E-state index is 12.5. The van der Waals surface area contributed by atoms with Crippen molar-refractivity contribution >= 4 is 23.6 Å². The zero-order chi connectivity index (χ0) is 20.8. The van der Waals surface area contributed by atoms with Gasteiger partial charge in [-0.15, -0.1) is 10.2 Å². The van der Waals surface area contributed by atoms with Gasteiger partial charge in [0.05, 0.1) is 0 Å². The number of aryl methyl sites for hydroxylation is 1. The van der Waals surface area contributed by atoms with Crippen LogP contribution >= 0.6 is 11.8 Å². The van der Waals surface area contributed by atoms with Gasteiger partial charge < -0.3 is 9.80 Å². The summed E-state index contributed by atoms with van der Waals surface area (Å²) < 4.78 is 2.06. The Morgan fingerprint density at radius 1 is 1.14 bits per heavy atom. The molecule has 1 atom stereocenters. The minimum absolute atomic E-state index is 0.0835. The molecule has 8 heteroatoms. The van der Waals surface area contributed by atoms with E-state index in [1.165, 1.54) is 0 Å². The van der Waals surface area contributed by atoms with Crippen LogP contribution in [0.2, 0.25) is 0 Å². The van der Waals surface area contributed by atoms with E-state index in [1.54, 1.807) is 18.7 Å². The van der Waals surface area contributed by atoms with Crippen LogP contribution in [0.4, 0.5) is 0 Å². The van der Waals surface area contributed by atoms with E-state index in [1.807, 2.05) is 54.0 Å². The molecule has 7 nitrogen and oxygen atoms in total. The molecule has 156 valence electrons. The Hall–Kier alpha value is -2.35. The molecule has 1 aromatic heterocycles. The van der Waals surface area contributed by atoms with Crippen molar-refractivity contribution in [1.82, 2.24) is 24.6 Å². The van der Waals surface area contributed by atoms with Gasteiger partial charge in [-0.05, 0) is 38.8 Å². The Morgan fingerprint density at radius 3 is 2.59 bits per heavy atom. The monoisotopic (exact) mass is 415 g/mol. The third kappa shape index (κ3) is 5.38. The SMILES string of the molecule is CC(=O)N1CCN(C(=O)CCCCSc2nnc(C)n2-c2ccccc2)CC1C. The van der Waals surface area contributed by atoms with Gasteiger partial charge in [-0.2, -0.15) is 0 Å². The maximum Gasteiger partial charge on any atom is 0.222 e. The molecule has 0 spiro atoms. The molecule has 0 aliphatic carbocycles. The van der Waals surface area contributed by atoms with E-state index in [0.717, 1.165) is 35.3 Å². The van der Waals surface area contributed by atoms with Crippen LogP contribution in [0.25, 0.3) is 5.69 Å². The summed E-state index contributed by atoms with van der Waals surface area (Å²) in [5.74, 6) is 2.04. The fourth-order valence-electron chi connectivity index (χ4n) is 3.66. The number of nitrogens with zero attached hydrogens (tertiary/aromatic N) is 5. The second-order valence-corrected chi connectivity index (χ2v) is 8.47. The zero-order valence-electron chi connectivity index (χ0n) is 17.4. The molecule has 3 rings (SSSR count). The Balaban J connectivity index is 1.42. The number of hydrogen-bond acceptors (Lipinski definition) is 5.